The molecule has 1 rings (SSSR count). The van der Waals surface area contributed by atoms with Crippen molar-refractivity contribution in [1.82, 2.24) is 4.98 Å². The van der Waals surface area contributed by atoms with Crippen LogP contribution in [0.5, 0.6) is 0 Å². The zero-order valence-corrected chi connectivity index (χ0v) is 7.44. The summed E-state index contributed by atoms with van der Waals surface area (Å²) in [5.74, 6) is -1.66. The topological polar surface area (TPSA) is 59.1 Å². The van der Waals surface area contributed by atoms with Crippen molar-refractivity contribution >= 4 is 17.6 Å². The summed E-state index contributed by atoms with van der Waals surface area (Å²) in [4.78, 5) is 3.49. The van der Waals surface area contributed by atoms with Gasteiger partial charge in [0.2, 0.25) is 0 Å². The number of anilines is 1. The molecule has 0 atom stereocenters. The first-order valence-corrected chi connectivity index (χ1v) is 4.49. The number of nitrogens with two attached hydrogens (primary N) is 1. The Balaban J connectivity index is 2.88. The predicted molar refractivity (Wildman–Crippen MR) is 46.4 cm³/mol. The monoisotopic (exact) mass is 206 g/mol. The fourth-order valence-corrected chi connectivity index (χ4v) is 1.35. The summed E-state index contributed by atoms with van der Waals surface area (Å²) < 4.78 is 25.5. The Morgan fingerprint density at radius 1 is 1.46 bits per heavy atom. The minimum absolute atomic E-state index is 0.00736. The first kappa shape index (κ1) is 10.2. The Morgan fingerprint density at radius 3 is 2.77 bits per heavy atom. The largest absolute Gasteiger partial charge is 0.396 e. The van der Waals surface area contributed by atoms with E-state index in [4.69, 9.17) is 10.8 Å². The molecule has 0 spiro atoms. The van der Waals surface area contributed by atoms with Gasteiger partial charge in [0.1, 0.15) is 5.03 Å². The minimum Gasteiger partial charge on any atom is -0.396 e. The summed E-state index contributed by atoms with van der Waals surface area (Å²) in [6.45, 7) is -0.0942. The van der Waals surface area contributed by atoms with Gasteiger partial charge in [0.05, 0.1) is 6.61 Å². The van der Waals surface area contributed by atoms with Crippen LogP contribution in [0, 0.1) is 11.6 Å². The normalized spacial score (nSPS) is 10.4. The highest BCUT2D eigenvalue weighted by atomic mass is 32.2. The fourth-order valence-electron chi connectivity index (χ4n) is 0.707. The lowest BCUT2D eigenvalue weighted by Crippen LogP contribution is -1.99. The molecule has 0 aliphatic heterocycles. The highest BCUT2D eigenvalue weighted by molar-refractivity contribution is 7.99. The molecule has 0 radical (unpaired) electrons. The van der Waals surface area contributed by atoms with Crippen molar-refractivity contribution in [1.29, 1.82) is 0 Å². The van der Waals surface area contributed by atoms with Crippen LogP contribution >= 0.6 is 11.8 Å². The number of rotatable bonds is 3. The number of nitrogens with zero attached hydrogens (tertiary/aromatic N) is 1. The van der Waals surface area contributed by atoms with Crippen LogP contribution < -0.4 is 5.73 Å². The maximum Gasteiger partial charge on any atom is 0.168 e. The van der Waals surface area contributed by atoms with E-state index in [9.17, 15) is 8.78 Å². The zero-order valence-electron chi connectivity index (χ0n) is 6.63. The Kier molecular flexibility index (Phi) is 3.44. The van der Waals surface area contributed by atoms with E-state index in [2.05, 4.69) is 4.98 Å². The molecule has 0 saturated carbocycles. The molecule has 13 heavy (non-hydrogen) atoms. The first-order valence-electron chi connectivity index (χ1n) is 3.50. The summed E-state index contributed by atoms with van der Waals surface area (Å²) in [6, 6.07) is 0.683. The third kappa shape index (κ3) is 2.53. The van der Waals surface area contributed by atoms with Gasteiger partial charge in [-0.15, -0.1) is 11.8 Å². The number of nitrogen functional groups attached to an aromatic ring is 1. The lowest BCUT2D eigenvalue weighted by atomic mass is 10.4. The Hall–Kier alpha value is -0.880. The number of aromatic nitrogens is 1. The van der Waals surface area contributed by atoms with E-state index in [1.807, 2.05) is 0 Å². The highest BCUT2D eigenvalue weighted by Crippen LogP contribution is 2.21. The predicted octanol–water partition coefficient (Wildman–Crippen LogP) is 1.03. The van der Waals surface area contributed by atoms with Gasteiger partial charge < -0.3 is 10.8 Å². The van der Waals surface area contributed by atoms with E-state index in [-0.39, 0.29) is 17.5 Å². The van der Waals surface area contributed by atoms with Crippen molar-refractivity contribution in [2.24, 2.45) is 0 Å². The molecule has 0 unspecified atom stereocenters. The second-order valence-corrected chi connectivity index (χ2v) is 3.30. The summed E-state index contributed by atoms with van der Waals surface area (Å²) >= 11 is 0.987. The van der Waals surface area contributed by atoms with Crippen LogP contribution in [0.15, 0.2) is 11.1 Å². The molecule has 0 aromatic carbocycles. The molecule has 6 heteroatoms. The van der Waals surface area contributed by atoms with Crippen molar-refractivity contribution < 1.29 is 13.9 Å². The third-order valence-electron chi connectivity index (χ3n) is 1.25. The molecule has 0 amide bonds. The first-order chi connectivity index (χ1) is 6.15. The maximum atomic E-state index is 12.9. The number of pyridine rings is 1. The number of hydrogen-bond acceptors (Lipinski definition) is 4. The lowest BCUT2D eigenvalue weighted by molar-refractivity contribution is 0.322. The van der Waals surface area contributed by atoms with Crippen LogP contribution in [0.4, 0.5) is 14.6 Å². The number of aliphatic hydroxyl groups excluding tert-OH is 1. The van der Waals surface area contributed by atoms with Crippen LogP contribution in [0.3, 0.4) is 0 Å². The van der Waals surface area contributed by atoms with Crippen molar-refractivity contribution in [3.8, 4) is 0 Å². The lowest BCUT2D eigenvalue weighted by Gasteiger charge is -2.02. The van der Waals surface area contributed by atoms with Gasteiger partial charge in [0, 0.05) is 11.8 Å². The SMILES string of the molecule is Nc1nc(SCCO)c(F)cc1F. The maximum absolute atomic E-state index is 12.9. The second-order valence-electron chi connectivity index (χ2n) is 2.21. The summed E-state index contributed by atoms with van der Waals surface area (Å²) in [5.41, 5.74) is 5.13. The molecule has 72 valence electrons. The molecule has 0 aliphatic carbocycles. The van der Waals surface area contributed by atoms with E-state index in [0.29, 0.717) is 11.8 Å². The van der Waals surface area contributed by atoms with Crippen LogP contribution in [-0.4, -0.2) is 22.5 Å². The fraction of sp³-hybridized carbons (Fsp3) is 0.286. The van der Waals surface area contributed by atoms with Gasteiger partial charge in [-0.3, -0.25) is 0 Å². The van der Waals surface area contributed by atoms with Crippen molar-refractivity contribution in [3.63, 3.8) is 0 Å². The van der Waals surface area contributed by atoms with Gasteiger partial charge in [-0.05, 0) is 0 Å². The quantitative estimate of drug-likeness (QED) is 0.725. The Bertz CT molecular complexity index is 309. The Morgan fingerprint density at radius 2 is 2.15 bits per heavy atom. The minimum atomic E-state index is -0.870. The molecule has 0 aliphatic rings. The van der Waals surface area contributed by atoms with E-state index in [0.717, 1.165) is 11.8 Å². The molecule has 1 aromatic heterocycles. The molecule has 0 bridgehead atoms. The van der Waals surface area contributed by atoms with E-state index in [1.165, 1.54) is 0 Å². The molecule has 0 fully saturated rings. The average molecular weight is 206 g/mol. The molecular weight excluding hydrogens is 198 g/mol. The number of thioether (sulfide) groups is 1. The van der Waals surface area contributed by atoms with Crippen LogP contribution in [-0.2, 0) is 0 Å². The molecular formula is C7H8F2N2OS. The summed E-state index contributed by atoms with van der Waals surface area (Å²) in [6.07, 6.45) is 0. The van der Waals surface area contributed by atoms with Crippen molar-refractivity contribution in [3.05, 3.63) is 17.7 Å². The number of aliphatic hydroxyl groups is 1. The average Bonchev–Trinajstić information content (AvgIpc) is 2.09. The van der Waals surface area contributed by atoms with Crippen molar-refractivity contribution in [2.45, 2.75) is 5.03 Å². The van der Waals surface area contributed by atoms with Gasteiger partial charge >= 0.3 is 0 Å². The van der Waals surface area contributed by atoms with E-state index < -0.39 is 11.6 Å². The van der Waals surface area contributed by atoms with Gasteiger partial charge in [0.15, 0.2) is 17.5 Å². The Labute approximate surface area is 78.0 Å². The standard InChI is InChI=1S/C7H8F2N2OS/c8-4-3-5(9)7(11-6(4)10)13-2-1-12/h3,12H,1-2H2,(H2,10,11). The van der Waals surface area contributed by atoms with Gasteiger partial charge in [0.25, 0.3) is 0 Å². The molecule has 1 aromatic rings. The third-order valence-corrected chi connectivity index (χ3v) is 2.20. The smallest absolute Gasteiger partial charge is 0.168 e. The zero-order chi connectivity index (χ0) is 9.84. The van der Waals surface area contributed by atoms with Crippen molar-refractivity contribution in [2.75, 3.05) is 18.1 Å². The molecule has 3 N–H and O–H groups in total. The van der Waals surface area contributed by atoms with E-state index >= 15 is 0 Å². The molecule has 3 nitrogen and oxygen atoms in total. The van der Waals surface area contributed by atoms with Gasteiger partial charge in [-0.1, -0.05) is 0 Å². The second kappa shape index (κ2) is 4.38. The number of hydrogen-bond donors (Lipinski definition) is 2. The van der Waals surface area contributed by atoms with Gasteiger partial charge in [-0.25, -0.2) is 13.8 Å². The van der Waals surface area contributed by atoms with Gasteiger partial charge in [-0.2, -0.15) is 0 Å². The highest BCUT2D eigenvalue weighted by Gasteiger charge is 2.09. The van der Waals surface area contributed by atoms with Crippen LogP contribution in [0.2, 0.25) is 0 Å². The number of halogens is 2. The summed E-state index contributed by atoms with van der Waals surface area (Å²) in [5, 5.41) is 8.47. The molecule has 1 heterocycles. The van der Waals surface area contributed by atoms with E-state index in [1.54, 1.807) is 0 Å². The van der Waals surface area contributed by atoms with Crippen LogP contribution in [0.25, 0.3) is 0 Å². The van der Waals surface area contributed by atoms with Crippen LogP contribution in [0.1, 0.15) is 0 Å². The molecule has 0 saturated heterocycles. The summed E-state index contributed by atoms with van der Waals surface area (Å²) in [7, 11) is 0.